The van der Waals surface area contributed by atoms with Gasteiger partial charge in [0.1, 0.15) is 0 Å². The minimum absolute atomic E-state index is 0. The van der Waals surface area contributed by atoms with Crippen LogP contribution in [0.2, 0.25) is 0 Å². The van der Waals surface area contributed by atoms with Crippen molar-refractivity contribution < 1.29 is 4.79 Å². The molecule has 1 amide bonds. The third-order valence-electron chi connectivity index (χ3n) is 3.52. The summed E-state index contributed by atoms with van der Waals surface area (Å²) in [5.41, 5.74) is 7.92. The van der Waals surface area contributed by atoms with Gasteiger partial charge in [-0.2, -0.15) is 0 Å². The van der Waals surface area contributed by atoms with Crippen LogP contribution < -0.4 is 11.1 Å². The van der Waals surface area contributed by atoms with E-state index in [9.17, 15) is 4.79 Å². The summed E-state index contributed by atoms with van der Waals surface area (Å²) in [4.78, 5) is 16.2. The summed E-state index contributed by atoms with van der Waals surface area (Å²) in [5.74, 6) is 0.220. The van der Waals surface area contributed by atoms with Crippen molar-refractivity contribution in [3.63, 3.8) is 0 Å². The van der Waals surface area contributed by atoms with Gasteiger partial charge in [-0.15, -0.1) is 24.8 Å². The Morgan fingerprint density at radius 1 is 1.40 bits per heavy atom. The number of nitrogens with zero attached hydrogens (tertiary/aromatic N) is 1. The number of carbonyl (C=O) groups is 1. The van der Waals surface area contributed by atoms with Gasteiger partial charge in [0.2, 0.25) is 5.91 Å². The summed E-state index contributed by atoms with van der Waals surface area (Å²) < 4.78 is 0. The van der Waals surface area contributed by atoms with E-state index in [4.69, 9.17) is 5.73 Å². The van der Waals surface area contributed by atoms with E-state index >= 15 is 0 Å². The molecule has 114 valence electrons. The molecule has 4 nitrogen and oxygen atoms in total. The van der Waals surface area contributed by atoms with Gasteiger partial charge >= 0.3 is 0 Å². The molecule has 1 aromatic rings. The molecule has 3 N–H and O–H groups in total. The fourth-order valence-corrected chi connectivity index (χ4v) is 2.40. The molecule has 2 unspecified atom stereocenters. The van der Waals surface area contributed by atoms with Crippen molar-refractivity contribution in [3.8, 4) is 0 Å². The molecule has 0 saturated heterocycles. The lowest BCUT2D eigenvalue weighted by Crippen LogP contribution is -2.37. The molecule has 0 bridgehead atoms. The maximum Gasteiger partial charge on any atom is 0.223 e. The first kappa shape index (κ1) is 19.2. The van der Waals surface area contributed by atoms with Crippen LogP contribution in [0.25, 0.3) is 0 Å². The van der Waals surface area contributed by atoms with Gasteiger partial charge in [-0.3, -0.25) is 9.78 Å². The summed E-state index contributed by atoms with van der Waals surface area (Å²) in [6, 6.07) is 4.14. The number of aryl methyl sites for hydroxylation is 1. The van der Waals surface area contributed by atoms with Crippen molar-refractivity contribution in [2.75, 3.05) is 0 Å². The Balaban J connectivity index is 0.00000180. The van der Waals surface area contributed by atoms with Crippen LogP contribution in [0.5, 0.6) is 0 Å². The molecule has 20 heavy (non-hydrogen) atoms. The van der Waals surface area contributed by atoms with Crippen LogP contribution in [-0.2, 0) is 11.3 Å². The van der Waals surface area contributed by atoms with E-state index in [2.05, 4.69) is 10.3 Å². The molecule has 0 aromatic carbocycles. The van der Waals surface area contributed by atoms with E-state index in [0.717, 1.165) is 36.9 Å². The van der Waals surface area contributed by atoms with Gasteiger partial charge in [0, 0.05) is 30.4 Å². The van der Waals surface area contributed by atoms with Crippen molar-refractivity contribution >= 4 is 30.7 Å². The van der Waals surface area contributed by atoms with Gasteiger partial charge in [0.25, 0.3) is 0 Å². The van der Waals surface area contributed by atoms with E-state index in [1.165, 1.54) is 0 Å². The Kier molecular flexibility index (Phi) is 8.78. The molecular weight excluding hydrogens is 297 g/mol. The smallest absolute Gasteiger partial charge is 0.223 e. The van der Waals surface area contributed by atoms with Crippen LogP contribution in [0.1, 0.15) is 36.9 Å². The zero-order chi connectivity index (χ0) is 13.0. The summed E-state index contributed by atoms with van der Waals surface area (Å²) in [6.45, 7) is 2.50. The first-order chi connectivity index (χ1) is 8.65. The molecule has 0 radical (unpaired) electrons. The molecule has 1 saturated carbocycles. The summed E-state index contributed by atoms with van der Waals surface area (Å²) in [5, 5.41) is 2.97. The molecule has 1 aromatic heterocycles. The second-order valence-corrected chi connectivity index (χ2v) is 5.15. The van der Waals surface area contributed by atoms with Crippen molar-refractivity contribution in [2.45, 2.75) is 45.2 Å². The predicted molar refractivity (Wildman–Crippen MR) is 85.3 cm³/mol. The van der Waals surface area contributed by atoms with Crippen molar-refractivity contribution in [2.24, 2.45) is 11.7 Å². The average molecular weight is 320 g/mol. The van der Waals surface area contributed by atoms with E-state index in [1.807, 2.05) is 25.3 Å². The molecule has 1 fully saturated rings. The number of carbonyl (C=O) groups excluding carboxylic acids is 1. The number of hydrogen-bond acceptors (Lipinski definition) is 3. The molecule has 1 aliphatic rings. The largest absolute Gasteiger partial charge is 0.352 e. The number of pyridine rings is 1. The summed E-state index contributed by atoms with van der Waals surface area (Å²) in [6.07, 6.45) is 5.70. The van der Waals surface area contributed by atoms with Gasteiger partial charge in [0.15, 0.2) is 0 Å². The van der Waals surface area contributed by atoms with Gasteiger partial charge in [0.05, 0.1) is 0 Å². The molecular formula is C14H23Cl2N3O. The third-order valence-corrected chi connectivity index (χ3v) is 3.52. The van der Waals surface area contributed by atoms with Crippen LogP contribution in [0.3, 0.4) is 0 Å². The number of halogens is 2. The highest BCUT2D eigenvalue weighted by Gasteiger charge is 2.24. The Bertz CT molecular complexity index is 411. The van der Waals surface area contributed by atoms with Crippen molar-refractivity contribution in [1.29, 1.82) is 0 Å². The van der Waals surface area contributed by atoms with Gasteiger partial charge < -0.3 is 11.1 Å². The first-order valence-corrected chi connectivity index (χ1v) is 6.60. The van der Waals surface area contributed by atoms with Crippen LogP contribution in [0, 0.1) is 12.8 Å². The normalized spacial score (nSPS) is 21.3. The Morgan fingerprint density at radius 3 is 2.75 bits per heavy atom. The Labute approximate surface area is 132 Å². The Morgan fingerprint density at radius 2 is 2.15 bits per heavy atom. The highest BCUT2D eigenvalue weighted by atomic mass is 35.5. The number of rotatable bonds is 3. The fourth-order valence-electron chi connectivity index (χ4n) is 2.40. The molecule has 2 atom stereocenters. The maximum atomic E-state index is 12.0. The van der Waals surface area contributed by atoms with Gasteiger partial charge in [-0.25, -0.2) is 0 Å². The highest BCUT2D eigenvalue weighted by molar-refractivity contribution is 5.85. The van der Waals surface area contributed by atoms with E-state index in [0.29, 0.717) is 6.54 Å². The van der Waals surface area contributed by atoms with Gasteiger partial charge in [-0.05, 0) is 37.8 Å². The molecule has 1 heterocycles. The monoisotopic (exact) mass is 319 g/mol. The number of nitrogens with one attached hydrogen (secondary N) is 1. The maximum absolute atomic E-state index is 12.0. The van der Waals surface area contributed by atoms with Gasteiger partial charge in [-0.1, -0.05) is 12.5 Å². The van der Waals surface area contributed by atoms with Crippen molar-refractivity contribution in [1.82, 2.24) is 10.3 Å². The molecule has 1 aliphatic carbocycles. The van der Waals surface area contributed by atoms with Crippen LogP contribution >= 0.6 is 24.8 Å². The lowest BCUT2D eigenvalue weighted by atomic mass is 9.85. The van der Waals surface area contributed by atoms with Crippen molar-refractivity contribution in [3.05, 3.63) is 29.6 Å². The number of aromatic nitrogens is 1. The van der Waals surface area contributed by atoms with E-state index < -0.39 is 0 Å². The first-order valence-electron chi connectivity index (χ1n) is 6.60. The number of amides is 1. The SMILES string of the molecule is Cc1ccc(CNC(=O)C2CCCC(N)C2)cn1.Cl.Cl. The fraction of sp³-hybridized carbons (Fsp3) is 0.571. The van der Waals surface area contributed by atoms with E-state index in [1.54, 1.807) is 0 Å². The topological polar surface area (TPSA) is 68.0 Å². The minimum Gasteiger partial charge on any atom is -0.352 e. The minimum atomic E-state index is 0. The quantitative estimate of drug-likeness (QED) is 0.898. The van der Waals surface area contributed by atoms with E-state index in [-0.39, 0.29) is 42.7 Å². The lowest BCUT2D eigenvalue weighted by Gasteiger charge is -2.25. The molecule has 2 rings (SSSR count). The lowest BCUT2D eigenvalue weighted by molar-refractivity contribution is -0.126. The average Bonchev–Trinajstić information content (AvgIpc) is 2.38. The molecule has 6 heteroatoms. The molecule has 0 aliphatic heterocycles. The third kappa shape index (κ3) is 5.65. The standard InChI is InChI=1S/C14H21N3O.2ClH/c1-10-5-6-11(8-16-10)9-17-14(18)12-3-2-4-13(15)7-12;;/h5-6,8,12-13H,2-4,7,9,15H2,1H3,(H,17,18);2*1H. The highest BCUT2D eigenvalue weighted by Crippen LogP contribution is 2.23. The van der Waals surface area contributed by atoms with Crippen LogP contribution in [-0.4, -0.2) is 16.9 Å². The summed E-state index contributed by atoms with van der Waals surface area (Å²) >= 11 is 0. The predicted octanol–water partition coefficient (Wildman–Crippen LogP) is 2.37. The van der Waals surface area contributed by atoms with Crippen LogP contribution in [0.15, 0.2) is 18.3 Å². The Hall–Kier alpha value is -0.840. The van der Waals surface area contributed by atoms with Crippen LogP contribution in [0.4, 0.5) is 0 Å². The second-order valence-electron chi connectivity index (χ2n) is 5.15. The second kappa shape index (κ2) is 9.16. The zero-order valence-electron chi connectivity index (χ0n) is 11.7. The zero-order valence-corrected chi connectivity index (χ0v) is 13.3. The number of hydrogen-bond donors (Lipinski definition) is 2. The summed E-state index contributed by atoms with van der Waals surface area (Å²) in [7, 11) is 0. The molecule has 0 spiro atoms. The number of nitrogens with two attached hydrogens (primary N) is 1.